The number of nitrogens with one attached hydrogen (secondary N) is 4. The zero-order valence-corrected chi connectivity index (χ0v) is 21.0. The summed E-state index contributed by atoms with van der Waals surface area (Å²) in [4.78, 5) is 25.3. The Morgan fingerprint density at radius 2 is 1.38 bits per heavy atom. The number of hydrogen-bond acceptors (Lipinski definition) is 3. The van der Waals surface area contributed by atoms with Crippen molar-refractivity contribution in [1.82, 2.24) is 20.4 Å². The van der Waals surface area contributed by atoms with Gasteiger partial charge in [-0.2, -0.15) is 0 Å². The van der Waals surface area contributed by atoms with Gasteiger partial charge in [0.1, 0.15) is 12.4 Å². The second kappa shape index (κ2) is 9.17. The molecule has 10 heteroatoms. The molecular formula is C22H19Br2ClN4O3. The minimum Gasteiger partial charge on any atom is -0.487 e. The third-order valence-corrected chi connectivity index (χ3v) is 6.68. The maximum atomic E-state index is 12.6. The molecule has 7 nitrogen and oxygen atoms in total. The SMILES string of the molecule is Cc1[nH][nH]c(=O)c1C(c1cc(Br)c(OCc2ccc(Cl)cc2)c(Br)c1)c1c(C)[nH][nH]c1=O. The van der Waals surface area contributed by atoms with Crippen molar-refractivity contribution in [3.05, 3.63) is 105 Å². The summed E-state index contributed by atoms with van der Waals surface area (Å²) in [5.41, 5.74) is 3.46. The first kappa shape index (κ1) is 22.7. The average molecular weight is 583 g/mol. The summed E-state index contributed by atoms with van der Waals surface area (Å²) in [6.07, 6.45) is 0. The van der Waals surface area contributed by atoms with E-state index < -0.39 is 5.92 Å². The first-order valence-corrected chi connectivity index (χ1v) is 11.6. The number of ether oxygens (including phenoxy) is 1. The highest BCUT2D eigenvalue weighted by Crippen LogP contribution is 2.40. The molecule has 0 bridgehead atoms. The summed E-state index contributed by atoms with van der Waals surface area (Å²) < 4.78 is 7.40. The lowest BCUT2D eigenvalue weighted by atomic mass is 9.85. The highest BCUT2D eigenvalue weighted by Gasteiger charge is 2.29. The summed E-state index contributed by atoms with van der Waals surface area (Å²) in [5.74, 6) is 0.0276. The molecule has 0 radical (unpaired) electrons. The zero-order chi connectivity index (χ0) is 23.0. The number of H-pyrrole nitrogens is 4. The molecule has 2 heterocycles. The van der Waals surface area contributed by atoms with Crippen LogP contribution in [-0.4, -0.2) is 20.4 Å². The van der Waals surface area contributed by atoms with Crippen molar-refractivity contribution in [2.75, 3.05) is 0 Å². The van der Waals surface area contributed by atoms with Gasteiger partial charge in [-0.15, -0.1) is 0 Å². The van der Waals surface area contributed by atoms with E-state index in [0.29, 0.717) is 48.8 Å². The van der Waals surface area contributed by atoms with Crippen molar-refractivity contribution in [2.24, 2.45) is 0 Å². The standard InChI is InChI=1S/C22H19Br2ClN4O3/c1-10-17(21(30)28-26-10)19(18-11(2)27-29-22(18)31)13-7-15(23)20(16(24)8-13)32-9-12-3-5-14(25)6-4-12/h3-8,19H,9H2,1-2H3,(H2,26,28,30)(H2,27,29,31). The van der Waals surface area contributed by atoms with Gasteiger partial charge in [-0.1, -0.05) is 23.7 Å². The van der Waals surface area contributed by atoms with Gasteiger partial charge in [0, 0.05) is 22.3 Å². The molecular weight excluding hydrogens is 564 g/mol. The molecule has 2 aromatic carbocycles. The quantitative estimate of drug-likeness (QED) is 0.249. The van der Waals surface area contributed by atoms with Crippen LogP contribution in [-0.2, 0) is 6.61 Å². The van der Waals surface area contributed by atoms with Crippen molar-refractivity contribution in [1.29, 1.82) is 0 Å². The van der Waals surface area contributed by atoms with Gasteiger partial charge in [-0.05, 0) is 81.1 Å². The Bertz CT molecular complexity index is 1310. The molecule has 0 unspecified atom stereocenters. The van der Waals surface area contributed by atoms with E-state index in [0.717, 1.165) is 11.1 Å². The third kappa shape index (κ3) is 4.37. The Balaban J connectivity index is 1.77. The van der Waals surface area contributed by atoms with E-state index in [2.05, 4.69) is 52.3 Å². The van der Waals surface area contributed by atoms with Crippen LogP contribution in [0.25, 0.3) is 0 Å². The van der Waals surface area contributed by atoms with Gasteiger partial charge in [0.25, 0.3) is 11.1 Å². The molecule has 32 heavy (non-hydrogen) atoms. The van der Waals surface area contributed by atoms with Gasteiger partial charge in [0.05, 0.1) is 20.1 Å². The van der Waals surface area contributed by atoms with Crippen molar-refractivity contribution >= 4 is 43.5 Å². The van der Waals surface area contributed by atoms with Gasteiger partial charge in [0.2, 0.25) is 0 Å². The van der Waals surface area contributed by atoms with E-state index in [4.69, 9.17) is 16.3 Å². The molecule has 0 aliphatic carbocycles. The molecule has 0 spiro atoms. The zero-order valence-electron chi connectivity index (χ0n) is 17.1. The fourth-order valence-electron chi connectivity index (χ4n) is 3.70. The average Bonchev–Trinajstić information content (AvgIpc) is 3.25. The first-order valence-electron chi connectivity index (χ1n) is 9.66. The minimum atomic E-state index is -0.585. The van der Waals surface area contributed by atoms with Crippen LogP contribution in [0.5, 0.6) is 5.75 Å². The second-order valence-electron chi connectivity index (χ2n) is 7.40. The molecule has 0 atom stereocenters. The third-order valence-electron chi connectivity index (χ3n) is 5.25. The molecule has 0 saturated heterocycles. The normalized spacial score (nSPS) is 11.3. The van der Waals surface area contributed by atoms with Gasteiger partial charge >= 0.3 is 0 Å². The van der Waals surface area contributed by atoms with Crippen LogP contribution >= 0.6 is 43.5 Å². The lowest BCUT2D eigenvalue weighted by Gasteiger charge is -2.19. The Hall–Kier alpha value is -2.49. The van der Waals surface area contributed by atoms with Crippen LogP contribution < -0.4 is 15.9 Å². The lowest BCUT2D eigenvalue weighted by molar-refractivity contribution is 0.302. The smallest absolute Gasteiger partial charge is 0.268 e. The molecule has 0 amide bonds. The van der Waals surface area contributed by atoms with E-state index in [1.54, 1.807) is 13.8 Å². The number of halogens is 3. The molecule has 0 aliphatic rings. The van der Waals surface area contributed by atoms with Crippen molar-refractivity contribution in [3.63, 3.8) is 0 Å². The number of aromatic nitrogens is 4. The fraction of sp³-hybridized carbons (Fsp3) is 0.182. The Kier molecular flexibility index (Phi) is 6.50. The number of hydrogen-bond donors (Lipinski definition) is 4. The number of aryl methyl sites for hydroxylation is 2. The van der Waals surface area contributed by atoms with E-state index in [-0.39, 0.29) is 11.1 Å². The number of benzene rings is 2. The van der Waals surface area contributed by atoms with Crippen LogP contribution in [0, 0.1) is 13.8 Å². The van der Waals surface area contributed by atoms with Crippen LogP contribution in [0.3, 0.4) is 0 Å². The minimum absolute atomic E-state index is 0.275. The van der Waals surface area contributed by atoms with Crippen LogP contribution in [0.2, 0.25) is 5.02 Å². The largest absolute Gasteiger partial charge is 0.487 e. The summed E-state index contributed by atoms with van der Waals surface area (Å²) in [7, 11) is 0. The second-order valence-corrected chi connectivity index (χ2v) is 9.54. The molecule has 2 aromatic heterocycles. The lowest BCUT2D eigenvalue weighted by Crippen LogP contribution is -2.20. The maximum absolute atomic E-state index is 12.6. The summed E-state index contributed by atoms with van der Waals surface area (Å²) in [6, 6.07) is 11.2. The van der Waals surface area contributed by atoms with Crippen molar-refractivity contribution in [3.8, 4) is 5.75 Å². The Labute approximate surface area is 204 Å². The molecule has 0 saturated carbocycles. The van der Waals surface area contributed by atoms with Gasteiger partial charge in [0.15, 0.2) is 0 Å². The van der Waals surface area contributed by atoms with Gasteiger partial charge in [-0.3, -0.25) is 19.8 Å². The molecule has 0 aliphatic heterocycles. The van der Waals surface area contributed by atoms with E-state index in [1.807, 2.05) is 36.4 Å². The monoisotopic (exact) mass is 580 g/mol. The maximum Gasteiger partial charge on any atom is 0.268 e. The van der Waals surface area contributed by atoms with Crippen LogP contribution in [0.1, 0.15) is 39.6 Å². The van der Waals surface area contributed by atoms with Crippen LogP contribution in [0.4, 0.5) is 0 Å². The molecule has 4 N–H and O–H groups in total. The molecule has 0 fully saturated rings. The number of aromatic amines is 4. The Morgan fingerprint density at radius 1 is 0.875 bits per heavy atom. The van der Waals surface area contributed by atoms with E-state index in [9.17, 15) is 9.59 Å². The summed E-state index contributed by atoms with van der Waals surface area (Å²) in [6.45, 7) is 3.94. The fourth-order valence-corrected chi connectivity index (χ4v) is 5.28. The van der Waals surface area contributed by atoms with Gasteiger partial charge in [-0.25, -0.2) is 0 Å². The predicted molar refractivity (Wildman–Crippen MR) is 131 cm³/mol. The van der Waals surface area contributed by atoms with E-state index >= 15 is 0 Å². The number of rotatable bonds is 6. The summed E-state index contributed by atoms with van der Waals surface area (Å²) in [5, 5.41) is 11.6. The van der Waals surface area contributed by atoms with Crippen molar-refractivity contribution < 1.29 is 4.74 Å². The topological polar surface area (TPSA) is 107 Å². The molecule has 4 aromatic rings. The van der Waals surface area contributed by atoms with Crippen LogP contribution in [0.15, 0.2) is 54.9 Å². The van der Waals surface area contributed by atoms with Gasteiger partial charge < -0.3 is 14.9 Å². The first-order chi connectivity index (χ1) is 15.3. The molecule has 166 valence electrons. The molecule has 4 rings (SSSR count). The van der Waals surface area contributed by atoms with Crippen molar-refractivity contribution in [2.45, 2.75) is 26.4 Å². The highest BCUT2D eigenvalue weighted by molar-refractivity contribution is 9.11. The van der Waals surface area contributed by atoms with E-state index in [1.165, 1.54) is 0 Å². The Morgan fingerprint density at radius 3 is 1.81 bits per heavy atom. The predicted octanol–water partition coefficient (Wildman–Crippen LogP) is 5.27. The summed E-state index contributed by atoms with van der Waals surface area (Å²) >= 11 is 13.1. The highest BCUT2D eigenvalue weighted by atomic mass is 79.9.